The fraction of sp³-hybridized carbons (Fsp3) is 0.929. The van der Waals surface area contributed by atoms with E-state index in [4.69, 9.17) is 0 Å². The number of hydrogen-bond donors (Lipinski definition) is 2. The summed E-state index contributed by atoms with van der Waals surface area (Å²) >= 11 is 0. The van der Waals surface area contributed by atoms with Crippen molar-refractivity contribution in [3.8, 4) is 0 Å². The van der Waals surface area contributed by atoms with Gasteiger partial charge in [0.15, 0.2) is 0 Å². The fourth-order valence-corrected chi connectivity index (χ4v) is 4.47. The number of aliphatic hydroxyl groups excluding tert-OH is 1. The maximum Gasteiger partial charge on any atom is 0.320 e. The summed E-state index contributed by atoms with van der Waals surface area (Å²) in [7, 11) is 0. The van der Waals surface area contributed by atoms with Crippen molar-refractivity contribution in [2.75, 3.05) is 0 Å². The minimum atomic E-state index is -0.691. The van der Waals surface area contributed by atoms with Crippen molar-refractivity contribution < 1.29 is 15.0 Å². The third-order valence-corrected chi connectivity index (χ3v) is 5.25. The summed E-state index contributed by atoms with van der Waals surface area (Å²) in [5.41, 5.74) is 0. The average Bonchev–Trinajstić information content (AvgIpc) is 2.92. The Kier molecular flexibility index (Phi) is 3.32. The van der Waals surface area contributed by atoms with Gasteiger partial charge in [-0.15, -0.1) is 0 Å². The summed E-state index contributed by atoms with van der Waals surface area (Å²) < 4.78 is 0. The molecule has 0 aromatic carbocycles. The number of rotatable bonds is 2. The second-order valence-electron chi connectivity index (χ2n) is 6.21. The first kappa shape index (κ1) is 12.4. The van der Waals surface area contributed by atoms with E-state index in [9.17, 15) is 15.0 Å². The molecule has 4 nitrogen and oxygen atoms in total. The van der Waals surface area contributed by atoms with Crippen molar-refractivity contribution in [1.29, 1.82) is 0 Å². The number of likely N-dealkylation sites (tertiary alicyclic amines) is 1. The Balaban J connectivity index is 1.84. The van der Waals surface area contributed by atoms with E-state index in [-0.39, 0.29) is 18.2 Å². The van der Waals surface area contributed by atoms with E-state index in [2.05, 4.69) is 4.90 Å². The van der Waals surface area contributed by atoms with Gasteiger partial charge in [-0.25, -0.2) is 0 Å². The first-order valence-electron chi connectivity index (χ1n) is 7.37. The van der Waals surface area contributed by atoms with E-state index < -0.39 is 5.97 Å². The molecule has 3 fully saturated rings. The second-order valence-corrected chi connectivity index (χ2v) is 6.21. The Morgan fingerprint density at radius 3 is 2.39 bits per heavy atom. The Morgan fingerprint density at radius 2 is 1.72 bits per heavy atom. The van der Waals surface area contributed by atoms with Gasteiger partial charge in [-0.1, -0.05) is 12.8 Å². The van der Waals surface area contributed by atoms with Crippen molar-refractivity contribution in [2.45, 2.75) is 75.6 Å². The number of carbonyl (C=O) groups is 1. The lowest BCUT2D eigenvalue weighted by atomic mass is 9.84. The van der Waals surface area contributed by atoms with E-state index in [0.717, 1.165) is 32.1 Å². The molecule has 1 aliphatic heterocycles. The number of carboxylic acid groups (broad SMARTS) is 1. The van der Waals surface area contributed by atoms with Gasteiger partial charge in [0.05, 0.1) is 6.10 Å². The highest BCUT2D eigenvalue weighted by Gasteiger charge is 2.50. The van der Waals surface area contributed by atoms with Crippen LogP contribution in [0, 0.1) is 5.92 Å². The highest BCUT2D eigenvalue weighted by Crippen LogP contribution is 2.43. The maximum atomic E-state index is 11.5. The molecule has 0 aromatic rings. The molecule has 3 aliphatic rings. The average molecular weight is 253 g/mol. The Bertz CT molecular complexity index is 333. The lowest BCUT2D eigenvalue weighted by Crippen LogP contribution is -2.51. The number of aliphatic hydroxyl groups is 1. The summed E-state index contributed by atoms with van der Waals surface area (Å²) in [6.45, 7) is 0. The van der Waals surface area contributed by atoms with Gasteiger partial charge < -0.3 is 10.2 Å². The molecule has 5 atom stereocenters. The number of aliphatic carboxylic acids is 1. The first-order valence-corrected chi connectivity index (χ1v) is 7.37. The van der Waals surface area contributed by atoms with Crippen LogP contribution in [-0.2, 0) is 4.79 Å². The van der Waals surface area contributed by atoms with Gasteiger partial charge in [0.25, 0.3) is 0 Å². The van der Waals surface area contributed by atoms with E-state index in [1.807, 2.05) is 0 Å². The Labute approximate surface area is 108 Å². The van der Waals surface area contributed by atoms with Crippen LogP contribution in [0.1, 0.15) is 51.4 Å². The van der Waals surface area contributed by atoms with Gasteiger partial charge >= 0.3 is 5.97 Å². The van der Waals surface area contributed by atoms with E-state index >= 15 is 0 Å². The molecule has 102 valence electrons. The molecule has 5 unspecified atom stereocenters. The molecule has 1 heterocycles. The van der Waals surface area contributed by atoms with Gasteiger partial charge in [-0.2, -0.15) is 0 Å². The van der Waals surface area contributed by atoms with Gasteiger partial charge in [-0.05, 0) is 44.4 Å². The summed E-state index contributed by atoms with van der Waals surface area (Å²) in [5, 5.41) is 19.6. The van der Waals surface area contributed by atoms with Crippen molar-refractivity contribution in [1.82, 2.24) is 4.90 Å². The summed E-state index contributed by atoms with van der Waals surface area (Å²) in [5.74, 6) is -0.142. The SMILES string of the molecule is O=C(O)C1CC2CCCCC2N1C1CCCC1O. The molecule has 0 spiro atoms. The zero-order valence-corrected chi connectivity index (χ0v) is 10.8. The maximum absolute atomic E-state index is 11.5. The van der Waals surface area contributed by atoms with Crippen LogP contribution in [0.15, 0.2) is 0 Å². The molecular formula is C14H23NO3. The lowest BCUT2D eigenvalue weighted by Gasteiger charge is -2.38. The molecular weight excluding hydrogens is 230 g/mol. The largest absolute Gasteiger partial charge is 0.480 e. The van der Waals surface area contributed by atoms with E-state index in [0.29, 0.717) is 12.0 Å². The van der Waals surface area contributed by atoms with E-state index in [1.54, 1.807) is 0 Å². The monoisotopic (exact) mass is 253 g/mol. The van der Waals surface area contributed by atoms with Crippen molar-refractivity contribution in [2.24, 2.45) is 5.92 Å². The molecule has 3 rings (SSSR count). The molecule has 0 radical (unpaired) electrons. The number of fused-ring (bicyclic) bond motifs is 1. The smallest absolute Gasteiger partial charge is 0.320 e. The zero-order chi connectivity index (χ0) is 12.7. The summed E-state index contributed by atoms with van der Waals surface area (Å²) in [6, 6.07) is 0.160. The highest BCUT2D eigenvalue weighted by molar-refractivity contribution is 5.74. The topological polar surface area (TPSA) is 60.8 Å². The van der Waals surface area contributed by atoms with Gasteiger partial charge in [0.2, 0.25) is 0 Å². The van der Waals surface area contributed by atoms with Crippen molar-refractivity contribution >= 4 is 5.97 Å². The normalized spacial score (nSPS) is 45.1. The third kappa shape index (κ3) is 1.95. The van der Waals surface area contributed by atoms with Crippen LogP contribution < -0.4 is 0 Å². The highest BCUT2D eigenvalue weighted by atomic mass is 16.4. The molecule has 0 aromatic heterocycles. The molecule has 2 saturated carbocycles. The summed E-state index contributed by atoms with van der Waals surface area (Å²) in [4.78, 5) is 13.7. The van der Waals surface area contributed by atoms with Gasteiger partial charge in [0, 0.05) is 12.1 Å². The quantitative estimate of drug-likeness (QED) is 0.785. The molecule has 0 amide bonds. The van der Waals surface area contributed by atoms with Crippen LogP contribution in [0.3, 0.4) is 0 Å². The molecule has 18 heavy (non-hydrogen) atoms. The first-order chi connectivity index (χ1) is 8.68. The fourth-order valence-electron chi connectivity index (χ4n) is 4.47. The standard InChI is InChI=1S/C14H23NO3/c16-13-7-3-6-11(13)15-10-5-2-1-4-9(10)8-12(15)14(17)18/h9-13,16H,1-8H2,(H,17,18). The van der Waals surface area contributed by atoms with Crippen LogP contribution in [-0.4, -0.2) is 45.3 Å². The number of hydrogen-bond acceptors (Lipinski definition) is 3. The molecule has 2 aliphatic carbocycles. The zero-order valence-electron chi connectivity index (χ0n) is 10.8. The molecule has 1 saturated heterocycles. The molecule has 4 heteroatoms. The molecule has 0 bridgehead atoms. The van der Waals surface area contributed by atoms with Crippen molar-refractivity contribution in [3.05, 3.63) is 0 Å². The van der Waals surface area contributed by atoms with Gasteiger partial charge in [-0.3, -0.25) is 9.69 Å². The summed E-state index contributed by atoms with van der Waals surface area (Å²) in [6.07, 6.45) is 8.08. The Hall–Kier alpha value is -0.610. The van der Waals surface area contributed by atoms with E-state index in [1.165, 1.54) is 19.3 Å². The second kappa shape index (κ2) is 4.82. The van der Waals surface area contributed by atoms with Gasteiger partial charge in [0.1, 0.15) is 6.04 Å². The number of nitrogens with zero attached hydrogens (tertiary/aromatic N) is 1. The predicted molar refractivity (Wildman–Crippen MR) is 67.3 cm³/mol. The van der Waals surface area contributed by atoms with Crippen LogP contribution in [0.2, 0.25) is 0 Å². The number of carboxylic acids is 1. The Morgan fingerprint density at radius 1 is 1.00 bits per heavy atom. The molecule has 2 N–H and O–H groups in total. The van der Waals surface area contributed by atoms with Crippen LogP contribution in [0.25, 0.3) is 0 Å². The minimum absolute atomic E-state index is 0.0965. The third-order valence-electron chi connectivity index (χ3n) is 5.25. The lowest BCUT2D eigenvalue weighted by molar-refractivity contribution is -0.144. The predicted octanol–water partition coefficient (Wildman–Crippen LogP) is 1.62. The van der Waals surface area contributed by atoms with Crippen LogP contribution >= 0.6 is 0 Å². The minimum Gasteiger partial charge on any atom is -0.480 e. The van der Waals surface area contributed by atoms with Crippen molar-refractivity contribution in [3.63, 3.8) is 0 Å². The van der Waals surface area contributed by atoms with Crippen LogP contribution in [0.4, 0.5) is 0 Å². The van der Waals surface area contributed by atoms with Crippen LogP contribution in [0.5, 0.6) is 0 Å².